The summed E-state index contributed by atoms with van der Waals surface area (Å²) in [5.41, 5.74) is 1.66. The lowest BCUT2D eigenvalue weighted by Crippen LogP contribution is -2.09. The van der Waals surface area contributed by atoms with Crippen LogP contribution in [0.2, 0.25) is 0 Å². The molecule has 0 N–H and O–H groups in total. The largest absolute Gasteiger partial charge is 0.328 e. The smallest absolute Gasteiger partial charge is 0.267 e. The van der Waals surface area contributed by atoms with E-state index in [2.05, 4.69) is 9.44 Å². The quantitative estimate of drug-likeness (QED) is 0.461. The number of aryl methyl sites for hydroxylation is 1. The van der Waals surface area contributed by atoms with Gasteiger partial charge in [-0.3, -0.25) is 4.28 Å². The van der Waals surface area contributed by atoms with Gasteiger partial charge in [-0.15, -0.1) is 11.6 Å². The van der Waals surface area contributed by atoms with Gasteiger partial charge in [0.15, 0.2) is 5.17 Å². The molecule has 0 saturated heterocycles. The molecule has 0 aromatic heterocycles. The Kier molecular flexibility index (Phi) is 5.91. The second-order valence-electron chi connectivity index (χ2n) is 3.63. The van der Waals surface area contributed by atoms with Crippen molar-refractivity contribution in [2.75, 3.05) is 11.6 Å². The highest BCUT2D eigenvalue weighted by Crippen LogP contribution is 2.09. The zero-order valence-corrected chi connectivity index (χ0v) is 12.1. The summed E-state index contributed by atoms with van der Waals surface area (Å²) in [6.45, 7) is 1.93. The summed E-state index contributed by atoms with van der Waals surface area (Å²) in [6, 6.07) is 7.15. The molecule has 1 aromatic carbocycles. The maximum atomic E-state index is 11.3. The Bertz CT molecular complexity index is 512. The predicted molar refractivity (Wildman–Crippen MR) is 73.8 cm³/mol. The molecule has 0 aliphatic heterocycles. The molecule has 0 atom stereocenters. The molecular weight excluding hydrogens is 297 g/mol. The van der Waals surface area contributed by atoms with Crippen LogP contribution in [0.1, 0.15) is 17.5 Å². The van der Waals surface area contributed by atoms with Crippen LogP contribution in [0.4, 0.5) is 0 Å². The number of rotatable bonds is 6. The number of alkyl halides is 1. The van der Waals surface area contributed by atoms with Crippen molar-refractivity contribution in [2.24, 2.45) is 5.16 Å². The van der Waals surface area contributed by atoms with Crippen LogP contribution in [0.3, 0.4) is 0 Å². The van der Waals surface area contributed by atoms with Gasteiger partial charge in [0.2, 0.25) is 0 Å². The summed E-state index contributed by atoms with van der Waals surface area (Å²) in [7, 11) is -3.71. The van der Waals surface area contributed by atoms with Crippen molar-refractivity contribution in [2.45, 2.75) is 13.3 Å². The second-order valence-corrected chi connectivity index (χ2v) is 6.04. The van der Waals surface area contributed by atoms with Crippen LogP contribution in [0.25, 0.3) is 0 Å². The number of hydrogen-bond donors (Lipinski definition) is 0. The molecule has 0 fully saturated rings. The lowest BCUT2D eigenvalue weighted by atomic mass is 10.2. The van der Waals surface area contributed by atoms with Gasteiger partial charge in [0, 0.05) is 11.4 Å². The van der Waals surface area contributed by atoms with Crippen molar-refractivity contribution >= 4 is 38.5 Å². The van der Waals surface area contributed by atoms with Gasteiger partial charge < -0.3 is 0 Å². The Morgan fingerprint density at radius 3 is 2.50 bits per heavy atom. The second kappa shape index (κ2) is 6.97. The minimum absolute atomic E-state index is 0.00977. The van der Waals surface area contributed by atoms with Gasteiger partial charge in [0.05, 0.1) is 5.75 Å². The van der Waals surface area contributed by atoms with E-state index in [-0.39, 0.29) is 16.8 Å². The summed E-state index contributed by atoms with van der Waals surface area (Å²) in [4.78, 5) is 0. The number of oxime groups is 1. The summed E-state index contributed by atoms with van der Waals surface area (Å²) < 4.78 is 27.1. The molecule has 18 heavy (non-hydrogen) atoms. The molecule has 0 heterocycles. The van der Waals surface area contributed by atoms with Crippen molar-refractivity contribution in [1.82, 2.24) is 0 Å². The molecule has 4 nitrogen and oxygen atoms in total. The Morgan fingerprint density at radius 2 is 1.94 bits per heavy atom. The zero-order chi connectivity index (χ0) is 13.6. The molecule has 0 spiro atoms. The van der Waals surface area contributed by atoms with E-state index in [0.29, 0.717) is 12.0 Å². The highest BCUT2D eigenvalue weighted by atomic mass is 35.5. The average Bonchev–Trinajstić information content (AvgIpc) is 2.35. The van der Waals surface area contributed by atoms with Gasteiger partial charge >= 0.3 is 10.1 Å². The predicted octanol–water partition coefficient (Wildman–Crippen LogP) is 2.87. The van der Waals surface area contributed by atoms with Crippen LogP contribution in [0, 0.1) is 6.92 Å². The van der Waals surface area contributed by atoms with E-state index in [0.717, 1.165) is 5.56 Å². The number of nitrogens with zero attached hydrogens (tertiary/aromatic N) is 1. The first-order valence-electron chi connectivity index (χ1n) is 5.22. The minimum Gasteiger partial charge on any atom is -0.267 e. The fraction of sp³-hybridized carbons (Fsp3) is 0.364. The molecule has 0 saturated carbocycles. The lowest BCUT2D eigenvalue weighted by Gasteiger charge is -2.01. The molecule has 0 unspecified atom stereocenters. The van der Waals surface area contributed by atoms with Gasteiger partial charge in [0.25, 0.3) is 0 Å². The van der Waals surface area contributed by atoms with Gasteiger partial charge in [-0.2, -0.15) is 8.42 Å². The number of halogens is 2. The third-order valence-electron chi connectivity index (χ3n) is 2.05. The first kappa shape index (κ1) is 15.3. The van der Waals surface area contributed by atoms with Crippen molar-refractivity contribution in [3.8, 4) is 0 Å². The normalized spacial score (nSPS) is 12.5. The SMILES string of the molecule is Cc1ccc(/C(Cl)=N/OS(=O)(=O)CCCCl)cc1. The Hall–Kier alpha value is -0.780. The Balaban J connectivity index is 2.70. The van der Waals surface area contributed by atoms with Crippen molar-refractivity contribution < 1.29 is 12.7 Å². The summed E-state index contributed by atoms with van der Waals surface area (Å²) in [5, 5.41) is 3.39. The van der Waals surface area contributed by atoms with Gasteiger partial charge in [0.1, 0.15) is 0 Å². The van der Waals surface area contributed by atoms with Crippen LogP contribution >= 0.6 is 23.2 Å². The van der Waals surface area contributed by atoms with Crippen LogP contribution in [-0.2, 0) is 14.4 Å². The topological polar surface area (TPSA) is 55.7 Å². The van der Waals surface area contributed by atoms with Gasteiger partial charge in [-0.25, -0.2) is 0 Å². The van der Waals surface area contributed by atoms with Crippen LogP contribution in [-0.4, -0.2) is 25.2 Å². The summed E-state index contributed by atoms with van der Waals surface area (Å²) in [6.07, 6.45) is 0.307. The van der Waals surface area contributed by atoms with E-state index in [1.807, 2.05) is 19.1 Å². The molecule has 0 amide bonds. The van der Waals surface area contributed by atoms with E-state index in [4.69, 9.17) is 23.2 Å². The molecule has 0 aliphatic carbocycles. The Labute approximate surface area is 117 Å². The first-order chi connectivity index (χ1) is 8.44. The third-order valence-corrected chi connectivity index (χ3v) is 3.69. The molecule has 0 bridgehead atoms. The van der Waals surface area contributed by atoms with Crippen molar-refractivity contribution in [3.05, 3.63) is 35.4 Å². The molecule has 7 heteroatoms. The van der Waals surface area contributed by atoms with Gasteiger partial charge in [-0.1, -0.05) is 46.6 Å². The van der Waals surface area contributed by atoms with Crippen molar-refractivity contribution in [3.63, 3.8) is 0 Å². The van der Waals surface area contributed by atoms with Crippen LogP contribution in [0.5, 0.6) is 0 Å². The molecule has 100 valence electrons. The number of hydrogen-bond acceptors (Lipinski definition) is 4. The fourth-order valence-electron chi connectivity index (χ4n) is 1.10. The lowest BCUT2D eigenvalue weighted by molar-refractivity contribution is 0.340. The average molecular weight is 310 g/mol. The van der Waals surface area contributed by atoms with E-state index in [9.17, 15) is 8.42 Å². The van der Waals surface area contributed by atoms with E-state index < -0.39 is 10.1 Å². The minimum atomic E-state index is -3.71. The number of benzene rings is 1. The summed E-state index contributed by atoms with van der Waals surface area (Å²) >= 11 is 11.2. The maximum Gasteiger partial charge on any atom is 0.328 e. The van der Waals surface area contributed by atoms with Crippen LogP contribution < -0.4 is 0 Å². The van der Waals surface area contributed by atoms with Crippen molar-refractivity contribution in [1.29, 1.82) is 0 Å². The molecular formula is C11H13Cl2NO3S. The standard InChI is InChI=1S/C11H13Cl2NO3S/c1-9-3-5-10(6-4-9)11(13)14-17-18(15,16)8-2-7-12/h3-6H,2,7-8H2,1H3/b14-11-. The van der Waals surface area contributed by atoms with Gasteiger partial charge in [-0.05, 0) is 13.3 Å². The highest BCUT2D eigenvalue weighted by Gasteiger charge is 2.11. The third kappa shape index (κ3) is 5.25. The molecule has 1 aromatic rings. The molecule has 0 radical (unpaired) electrons. The van der Waals surface area contributed by atoms with E-state index in [1.54, 1.807) is 12.1 Å². The zero-order valence-electron chi connectivity index (χ0n) is 9.77. The fourth-order valence-corrected chi connectivity index (χ4v) is 2.36. The molecule has 0 aliphatic rings. The Morgan fingerprint density at radius 1 is 1.33 bits per heavy atom. The maximum absolute atomic E-state index is 11.3. The first-order valence-corrected chi connectivity index (χ1v) is 7.71. The summed E-state index contributed by atoms with van der Waals surface area (Å²) in [5.74, 6) is 0.0655. The monoisotopic (exact) mass is 309 g/mol. The van der Waals surface area contributed by atoms with Crippen LogP contribution in [0.15, 0.2) is 29.4 Å². The molecule has 1 rings (SSSR count). The highest BCUT2D eigenvalue weighted by molar-refractivity contribution is 7.86. The van der Waals surface area contributed by atoms with E-state index in [1.165, 1.54) is 0 Å². The van der Waals surface area contributed by atoms with E-state index >= 15 is 0 Å².